The van der Waals surface area contributed by atoms with Gasteiger partial charge in [-0.05, 0) is 47.6 Å². The third-order valence-corrected chi connectivity index (χ3v) is 6.40. The molecule has 0 amide bonds. The van der Waals surface area contributed by atoms with Crippen molar-refractivity contribution in [3.8, 4) is 0 Å². The van der Waals surface area contributed by atoms with Crippen LogP contribution in [0.1, 0.15) is 36.8 Å². The van der Waals surface area contributed by atoms with E-state index >= 15 is 0 Å². The van der Waals surface area contributed by atoms with E-state index in [4.69, 9.17) is 0 Å². The van der Waals surface area contributed by atoms with Gasteiger partial charge in [-0.15, -0.1) is 11.8 Å². The van der Waals surface area contributed by atoms with Crippen LogP contribution in [0.5, 0.6) is 0 Å². The summed E-state index contributed by atoms with van der Waals surface area (Å²) < 4.78 is 0.437. The Kier molecular flexibility index (Phi) is 2.20. The summed E-state index contributed by atoms with van der Waals surface area (Å²) in [6, 6.07) is 9.20. The Morgan fingerprint density at radius 1 is 1.18 bits per heavy atom. The van der Waals surface area contributed by atoms with Crippen molar-refractivity contribution in [2.45, 2.75) is 36.9 Å². The first-order valence-electron chi connectivity index (χ1n) is 6.83. The summed E-state index contributed by atoms with van der Waals surface area (Å²) >= 11 is 2.11. The van der Waals surface area contributed by atoms with Crippen molar-refractivity contribution in [3.63, 3.8) is 0 Å². The van der Waals surface area contributed by atoms with Crippen LogP contribution in [0, 0.1) is 11.8 Å². The molecule has 88 valence electrons. The number of allylic oxidation sites excluding steroid dienone is 1. The van der Waals surface area contributed by atoms with E-state index in [2.05, 4.69) is 47.5 Å². The molecule has 1 aromatic carbocycles. The number of hydrogen-bond acceptors (Lipinski definition) is 1. The molecule has 1 saturated carbocycles. The minimum atomic E-state index is 0.437. The van der Waals surface area contributed by atoms with Gasteiger partial charge < -0.3 is 0 Å². The zero-order chi connectivity index (χ0) is 11.3. The van der Waals surface area contributed by atoms with E-state index in [0.717, 1.165) is 11.8 Å². The Balaban J connectivity index is 1.94. The van der Waals surface area contributed by atoms with Gasteiger partial charge in [0.05, 0.1) is 0 Å². The van der Waals surface area contributed by atoms with Crippen LogP contribution in [0.3, 0.4) is 0 Å². The SMILES string of the molecule is C1=CC2Cc3ccccc3C3(CCCCC23)S1. The van der Waals surface area contributed by atoms with Crippen LogP contribution in [-0.4, -0.2) is 0 Å². The molecule has 0 radical (unpaired) electrons. The summed E-state index contributed by atoms with van der Waals surface area (Å²) in [6.45, 7) is 0. The minimum Gasteiger partial charge on any atom is -0.122 e. The Morgan fingerprint density at radius 2 is 2.12 bits per heavy atom. The average molecular weight is 242 g/mol. The first-order chi connectivity index (χ1) is 8.40. The molecule has 1 aliphatic heterocycles. The minimum absolute atomic E-state index is 0.437. The maximum Gasteiger partial charge on any atom is 0.0485 e. The Morgan fingerprint density at radius 3 is 3.12 bits per heavy atom. The number of fused-ring (bicyclic) bond motifs is 1. The van der Waals surface area contributed by atoms with Crippen molar-refractivity contribution in [2.75, 3.05) is 0 Å². The zero-order valence-corrected chi connectivity index (χ0v) is 10.9. The average Bonchev–Trinajstić information content (AvgIpc) is 2.39. The van der Waals surface area contributed by atoms with Crippen molar-refractivity contribution in [1.82, 2.24) is 0 Å². The number of thioether (sulfide) groups is 1. The van der Waals surface area contributed by atoms with Crippen molar-refractivity contribution in [2.24, 2.45) is 11.8 Å². The van der Waals surface area contributed by atoms with Gasteiger partial charge in [0, 0.05) is 4.75 Å². The van der Waals surface area contributed by atoms with E-state index in [1.165, 1.54) is 32.1 Å². The van der Waals surface area contributed by atoms with Crippen molar-refractivity contribution >= 4 is 11.8 Å². The lowest BCUT2D eigenvalue weighted by atomic mass is 9.62. The summed E-state index contributed by atoms with van der Waals surface area (Å²) in [4.78, 5) is 0. The van der Waals surface area contributed by atoms with Crippen molar-refractivity contribution in [3.05, 3.63) is 46.9 Å². The Labute approximate surface area is 107 Å². The molecule has 3 atom stereocenters. The molecule has 0 aromatic heterocycles. The molecule has 2 aliphatic carbocycles. The first-order valence-corrected chi connectivity index (χ1v) is 7.71. The summed E-state index contributed by atoms with van der Waals surface area (Å²) in [5.41, 5.74) is 3.28. The molecule has 17 heavy (non-hydrogen) atoms. The molecule has 1 aromatic rings. The molecule has 3 unspecified atom stereocenters. The molecule has 0 N–H and O–H groups in total. The molecule has 2 bridgehead atoms. The molecule has 0 nitrogen and oxygen atoms in total. The van der Waals surface area contributed by atoms with Crippen LogP contribution in [0.25, 0.3) is 0 Å². The van der Waals surface area contributed by atoms with Gasteiger partial charge in [0.2, 0.25) is 0 Å². The van der Waals surface area contributed by atoms with Crippen LogP contribution in [-0.2, 0) is 11.2 Å². The maximum atomic E-state index is 2.48. The third kappa shape index (κ3) is 1.32. The molecule has 4 rings (SSSR count). The van der Waals surface area contributed by atoms with Gasteiger partial charge in [-0.3, -0.25) is 0 Å². The van der Waals surface area contributed by atoms with Crippen LogP contribution in [0.2, 0.25) is 0 Å². The predicted octanol–water partition coefficient (Wildman–Crippen LogP) is 4.50. The maximum absolute atomic E-state index is 2.48. The normalized spacial score (nSPS) is 38.4. The van der Waals surface area contributed by atoms with Gasteiger partial charge in [-0.2, -0.15) is 0 Å². The second-order valence-electron chi connectivity index (χ2n) is 5.71. The topological polar surface area (TPSA) is 0 Å². The predicted molar refractivity (Wildman–Crippen MR) is 74.0 cm³/mol. The van der Waals surface area contributed by atoms with E-state index in [-0.39, 0.29) is 0 Å². The highest BCUT2D eigenvalue weighted by Gasteiger charge is 2.50. The fourth-order valence-electron chi connectivity index (χ4n) is 4.25. The highest BCUT2D eigenvalue weighted by molar-refractivity contribution is 8.03. The lowest BCUT2D eigenvalue weighted by molar-refractivity contribution is 0.198. The number of rotatable bonds is 0. The fourth-order valence-corrected chi connectivity index (χ4v) is 5.82. The molecule has 1 heteroatoms. The summed E-state index contributed by atoms with van der Waals surface area (Å²) in [7, 11) is 0. The second kappa shape index (κ2) is 3.65. The first kappa shape index (κ1) is 10.3. The largest absolute Gasteiger partial charge is 0.122 e. The van der Waals surface area contributed by atoms with Crippen LogP contribution in [0.4, 0.5) is 0 Å². The zero-order valence-electron chi connectivity index (χ0n) is 10.1. The van der Waals surface area contributed by atoms with Gasteiger partial charge in [0.25, 0.3) is 0 Å². The van der Waals surface area contributed by atoms with Crippen molar-refractivity contribution < 1.29 is 0 Å². The van der Waals surface area contributed by atoms with Gasteiger partial charge >= 0.3 is 0 Å². The summed E-state index contributed by atoms with van der Waals surface area (Å²) in [5, 5.41) is 2.39. The van der Waals surface area contributed by atoms with Gasteiger partial charge in [-0.1, -0.05) is 43.2 Å². The fraction of sp³-hybridized carbons (Fsp3) is 0.500. The smallest absolute Gasteiger partial charge is 0.0485 e. The van der Waals surface area contributed by atoms with Crippen molar-refractivity contribution in [1.29, 1.82) is 0 Å². The lowest BCUT2D eigenvalue weighted by Gasteiger charge is -2.52. The number of benzene rings is 1. The van der Waals surface area contributed by atoms with Gasteiger partial charge in [0.15, 0.2) is 0 Å². The Hall–Kier alpha value is -0.690. The summed E-state index contributed by atoms with van der Waals surface area (Å²) in [5.74, 6) is 1.72. The second-order valence-corrected chi connectivity index (χ2v) is 6.95. The summed E-state index contributed by atoms with van der Waals surface area (Å²) in [6.07, 6.45) is 9.45. The Bertz CT molecular complexity index is 476. The molecular weight excluding hydrogens is 224 g/mol. The van der Waals surface area contributed by atoms with E-state index in [1.54, 1.807) is 11.1 Å². The van der Waals surface area contributed by atoms with E-state index in [9.17, 15) is 0 Å². The van der Waals surface area contributed by atoms with E-state index in [0.29, 0.717) is 4.75 Å². The molecular formula is C16H18S. The van der Waals surface area contributed by atoms with Crippen LogP contribution >= 0.6 is 11.8 Å². The van der Waals surface area contributed by atoms with Gasteiger partial charge in [-0.25, -0.2) is 0 Å². The van der Waals surface area contributed by atoms with Gasteiger partial charge in [0.1, 0.15) is 0 Å². The van der Waals surface area contributed by atoms with E-state index in [1.807, 2.05) is 0 Å². The number of hydrogen-bond donors (Lipinski definition) is 0. The molecule has 0 spiro atoms. The van der Waals surface area contributed by atoms with Crippen LogP contribution < -0.4 is 0 Å². The monoisotopic (exact) mass is 242 g/mol. The molecule has 0 saturated heterocycles. The quantitative estimate of drug-likeness (QED) is 0.645. The molecule has 3 aliphatic rings. The highest BCUT2D eigenvalue weighted by Crippen LogP contribution is 2.61. The standard InChI is InChI=1S/C16H18S/c1-2-6-14-12(5-1)11-13-8-10-17-16(14)9-4-3-7-15(13)16/h1-2,5-6,8,10,13,15H,3-4,7,9,11H2. The highest BCUT2D eigenvalue weighted by atomic mass is 32.2. The lowest BCUT2D eigenvalue weighted by Crippen LogP contribution is -2.45. The molecule has 1 heterocycles. The van der Waals surface area contributed by atoms with E-state index < -0.39 is 0 Å². The third-order valence-electron chi connectivity index (χ3n) is 4.96. The van der Waals surface area contributed by atoms with Crippen LogP contribution in [0.15, 0.2) is 35.7 Å². The molecule has 1 fully saturated rings.